The highest BCUT2D eigenvalue weighted by Crippen LogP contribution is 2.40. The molecule has 1 atom stereocenters. The summed E-state index contributed by atoms with van der Waals surface area (Å²) in [6.45, 7) is 12.3. The molecule has 8 nitrogen and oxygen atoms in total. The molecule has 208 valence electrons. The number of methoxy groups -OCH3 is 2. The van der Waals surface area contributed by atoms with E-state index in [4.69, 9.17) is 9.47 Å². The van der Waals surface area contributed by atoms with Gasteiger partial charge in [0.15, 0.2) is 17.4 Å². The lowest BCUT2D eigenvalue weighted by atomic mass is 10.0. The first-order valence-corrected chi connectivity index (χ1v) is 14.0. The van der Waals surface area contributed by atoms with E-state index in [-0.39, 0.29) is 6.04 Å². The van der Waals surface area contributed by atoms with Crippen LogP contribution in [0, 0.1) is 13.8 Å². The average molecular weight is 532 g/mol. The predicted octanol–water partition coefficient (Wildman–Crippen LogP) is 5.39. The van der Waals surface area contributed by atoms with Gasteiger partial charge in [-0.25, -0.2) is 4.98 Å². The topological polar surface area (TPSA) is 67.9 Å². The number of aromatic hydroxyl groups is 1. The Kier molecular flexibility index (Phi) is 8.02. The van der Waals surface area contributed by atoms with E-state index < -0.39 is 0 Å². The molecule has 1 saturated heterocycles. The minimum Gasteiger partial charge on any atom is -0.494 e. The van der Waals surface area contributed by atoms with Crippen molar-refractivity contribution in [3.63, 3.8) is 0 Å². The lowest BCUT2D eigenvalue weighted by molar-refractivity contribution is 0.271. The minimum absolute atomic E-state index is 0.0769. The van der Waals surface area contributed by atoms with Crippen LogP contribution in [0.25, 0.3) is 10.8 Å². The zero-order valence-electron chi connectivity index (χ0n) is 23.9. The van der Waals surface area contributed by atoms with Gasteiger partial charge in [-0.3, -0.25) is 0 Å². The SMILES string of the molecule is CCN1CCN(c2cccc3c(O)n([C@H](CCCn4cc(C)nc4C)c4ccc(OC)c(OC)c4)cc23)CC1. The third kappa shape index (κ3) is 5.43. The van der Waals surface area contributed by atoms with E-state index in [1.807, 2.05) is 36.6 Å². The van der Waals surface area contributed by atoms with Crippen molar-refractivity contribution in [3.05, 3.63) is 65.9 Å². The molecular formula is C31H41N5O3. The van der Waals surface area contributed by atoms with Crippen LogP contribution in [-0.2, 0) is 6.54 Å². The fraction of sp³-hybridized carbons (Fsp3) is 0.452. The molecule has 0 radical (unpaired) electrons. The molecule has 8 heteroatoms. The number of rotatable bonds is 10. The van der Waals surface area contributed by atoms with Gasteiger partial charge in [0, 0.05) is 61.6 Å². The lowest BCUT2D eigenvalue weighted by Crippen LogP contribution is -2.46. The number of aromatic nitrogens is 3. The van der Waals surface area contributed by atoms with Crippen molar-refractivity contribution in [3.8, 4) is 17.4 Å². The van der Waals surface area contributed by atoms with Crippen molar-refractivity contribution < 1.29 is 14.6 Å². The number of benzene rings is 2. The van der Waals surface area contributed by atoms with Gasteiger partial charge in [-0.1, -0.05) is 19.1 Å². The molecule has 4 aromatic rings. The van der Waals surface area contributed by atoms with Crippen molar-refractivity contribution in [2.75, 3.05) is 51.8 Å². The highest BCUT2D eigenvalue weighted by Gasteiger charge is 2.24. The van der Waals surface area contributed by atoms with Crippen LogP contribution in [0.1, 0.15) is 42.9 Å². The molecule has 2 aromatic heterocycles. The van der Waals surface area contributed by atoms with E-state index in [0.717, 1.165) is 80.0 Å². The maximum absolute atomic E-state index is 11.6. The summed E-state index contributed by atoms with van der Waals surface area (Å²) < 4.78 is 15.4. The predicted molar refractivity (Wildman–Crippen MR) is 157 cm³/mol. The van der Waals surface area contributed by atoms with Crippen LogP contribution in [0.5, 0.6) is 17.4 Å². The van der Waals surface area contributed by atoms with E-state index >= 15 is 0 Å². The minimum atomic E-state index is -0.0769. The average Bonchev–Trinajstić information content (AvgIpc) is 3.47. The number of hydrogen-bond donors (Lipinski definition) is 1. The van der Waals surface area contributed by atoms with Crippen LogP contribution in [0.15, 0.2) is 48.8 Å². The molecule has 0 unspecified atom stereocenters. The molecule has 1 fully saturated rings. The monoisotopic (exact) mass is 531 g/mol. The van der Waals surface area contributed by atoms with Crippen molar-refractivity contribution in [2.45, 2.75) is 46.2 Å². The number of ether oxygens (including phenoxy) is 2. The van der Waals surface area contributed by atoms with Crippen LogP contribution in [0.4, 0.5) is 5.69 Å². The fourth-order valence-corrected chi connectivity index (χ4v) is 5.92. The van der Waals surface area contributed by atoms with E-state index in [2.05, 4.69) is 56.9 Å². The Balaban J connectivity index is 1.51. The number of nitrogens with zero attached hydrogens (tertiary/aromatic N) is 5. The normalized spacial score (nSPS) is 15.2. The van der Waals surface area contributed by atoms with Crippen LogP contribution in [-0.4, -0.2) is 71.1 Å². The number of hydrogen-bond acceptors (Lipinski definition) is 6. The van der Waals surface area contributed by atoms with E-state index in [0.29, 0.717) is 17.4 Å². The fourth-order valence-electron chi connectivity index (χ4n) is 5.92. The summed E-state index contributed by atoms with van der Waals surface area (Å²) in [5, 5.41) is 13.6. The number of aryl methyl sites for hydroxylation is 3. The first-order valence-electron chi connectivity index (χ1n) is 14.0. The molecular weight excluding hydrogens is 490 g/mol. The van der Waals surface area contributed by atoms with Crippen LogP contribution >= 0.6 is 0 Å². The summed E-state index contributed by atoms with van der Waals surface area (Å²) in [7, 11) is 3.31. The van der Waals surface area contributed by atoms with Crippen molar-refractivity contribution >= 4 is 16.5 Å². The van der Waals surface area contributed by atoms with E-state index in [9.17, 15) is 5.11 Å². The summed E-state index contributed by atoms with van der Waals surface area (Å²) in [6.07, 6.45) is 6.01. The number of piperazine rings is 1. The molecule has 5 rings (SSSR count). The Morgan fingerprint density at radius 2 is 1.72 bits per heavy atom. The number of anilines is 1. The maximum atomic E-state index is 11.6. The summed E-state index contributed by atoms with van der Waals surface area (Å²) in [6, 6.07) is 12.2. The molecule has 0 spiro atoms. The van der Waals surface area contributed by atoms with Crippen LogP contribution in [0.3, 0.4) is 0 Å². The highest BCUT2D eigenvalue weighted by atomic mass is 16.5. The number of imidazole rings is 1. The smallest absolute Gasteiger partial charge is 0.199 e. The highest BCUT2D eigenvalue weighted by molar-refractivity contribution is 5.98. The maximum Gasteiger partial charge on any atom is 0.199 e. The van der Waals surface area contributed by atoms with Crippen LogP contribution in [0.2, 0.25) is 0 Å². The third-order valence-electron chi connectivity index (χ3n) is 8.10. The zero-order chi connectivity index (χ0) is 27.5. The van der Waals surface area contributed by atoms with E-state index in [1.54, 1.807) is 14.2 Å². The van der Waals surface area contributed by atoms with Gasteiger partial charge >= 0.3 is 0 Å². The molecule has 0 bridgehead atoms. The van der Waals surface area contributed by atoms with Crippen LogP contribution < -0.4 is 14.4 Å². The Morgan fingerprint density at radius 1 is 0.949 bits per heavy atom. The zero-order valence-corrected chi connectivity index (χ0v) is 23.9. The molecule has 0 saturated carbocycles. The second-order valence-corrected chi connectivity index (χ2v) is 10.4. The van der Waals surface area contributed by atoms with E-state index in [1.165, 1.54) is 5.69 Å². The Bertz CT molecular complexity index is 1420. The summed E-state index contributed by atoms with van der Waals surface area (Å²) in [5.41, 5.74) is 3.29. The molecule has 0 amide bonds. The Morgan fingerprint density at radius 3 is 2.38 bits per heavy atom. The van der Waals surface area contributed by atoms with Gasteiger partial charge in [-0.15, -0.1) is 0 Å². The first kappa shape index (κ1) is 26.9. The second-order valence-electron chi connectivity index (χ2n) is 10.4. The third-order valence-corrected chi connectivity index (χ3v) is 8.10. The molecule has 0 aliphatic carbocycles. The van der Waals surface area contributed by atoms with Gasteiger partial charge in [0.2, 0.25) is 0 Å². The molecule has 1 aliphatic rings. The lowest BCUT2D eigenvalue weighted by Gasteiger charge is -2.35. The van der Waals surface area contributed by atoms with Crippen molar-refractivity contribution in [1.29, 1.82) is 0 Å². The van der Waals surface area contributed by atoms with Gasteiger partial charge in [0.25, 0.3) is 0 Å². The number of likely N-dealkylation sites (N-methyl/N-ethyl adjacent to an activating group) is 1. The number of fused-ring (bicyclic) bond motifs is 1. The molecule has 3 heterocycles. The first-order chi connectivity index (χ1) is 18.9. The van der Waals surface area contributed by atoms with Gasteiger partial charge < -0.3 is 33.5 Å². The molecule has 1 N–H and O–H groups in total. The largest absolute Gasteiger partial charge is 0.494 e. The van der Waals surface area contributed by atoms with Gasteiger partial charge in [-0.2, -0.15) is 0 Å². The molecule has 1 aliphatic heterocycles. The van der Waals surface area contributed by atoms with Gasteiger partial charge in [0.05, 0.1) is 26.0 Å². The van der Waals surface area contributed by atoms with Crippen molar-refractivity contribution in [1.82, 2.24) is 19.0 Å². The molecule has 2 aromatic carbocycles. The van der Waals surface area contributed by atoms with Gasteiger partial charge in [0.1, 0.15) is 5.82 Å². The van der Waals surface area contributed by atoms with Gasteiger partial charge in [-0.05, 0) is 63.1 Å². The standard InChI is InChI=1S/C31H41N5O3/c1-6-33-15-17-34(18-16-33)28-10-7-9-25-26(28)21-36(31(25)37)27(11-8-14-35-20-22(2)32-23(35)3)24-12-13-29(38-4)30(19-24)39-5/h7,9-10,12-13,19-21,27,37H,6,8,11,14-18H2,1-5H3/t27-/m1/s1. The summed E-state index contributed by atoms with van der Waals surface area (Å²) in [4.78, 5) is 9.49. The quantitative estimate of drug-likeness (QED) is 0.296. The van der Waals surface area contributed by atoms with Crippen molar-refractivity contribution in [2.24, 2.45) is 0 Å². The second kappa shape index (κ2) is 11.6. The summed E-state index contributed by atoms with van der Waals surface area (Å²) in [5.74, 6) is 2.71. The summed E-state index contributed by atoms with van der Waals surface area (Å²) >= 11 is 0. The Labute approximate surface area is 231 Å². The Hall–Kier alpha value is -3.65. The molecule has 39 heavy (non-hydrogen) atoms.